The van der Waals surface area contributed by atoms with Crippen molar-refractivity contribution >= 4 is 5.91 Å². The smallest absolute Gasteiger partial charge is 0.240 e. The molecule has 0 bridgehead atoms. The summed E-state index contributed by atoms with van der Waals surface area (Å²) in [6, 6.07) is 4.03. The second-order valence-electron chi connectivity index (χ2n) is 5.16. The van der Waals surface area contributed by atoms with Gasteiger partial charge in [0.15, 0.2) is 0 Å². The van der Waals surface area contributed by atoms with Gasteiger partial charge in [-0.15, -0.1) is 0 Å². The van der Waals surface area contributed by atoms with Crippen molar-refractivity contribution in [1.82, 2.24) is 15.2 Å². The van der Waals surface area contributed by atoms with Crippen LogP contribution in [0.3, 0.4) is 0 Å². The number of rotatable bonds is 5. The third-order valence-corrected chi connectivity index (χ3v) is 3.84. The molecule has 1 aromatic heterocycles. The SMILES string of the molecule is CCCC1(C(=O)NCc2cccn2C)CCCN1. The normalized spacial score (nSPS) is 23.2. The summed E-state index contributed by atoms with van der Waals surface area (Å²) >= 11 is 0. The van der Waals surface area contributed by atoms with Crippen LogP contribution in [0.4, 0.5) is 0 Å². The molecule has 2 N–H and O–H groups in total. The molecule has 0 spiro atoms. The van der Waals surface area contributed by atoms with Crippen LogP contribution in [0.2, 0.25) is 0 Å². The zero-order valence-electron chi connectivity index (χ0n) is 11.3. The van der Waals surface area contributed by atoms with Crippen LogP contribution in [0.25, 0.3) is 0 Å². The first kappa shape index (κ1) is 13.1. The van der Waals surface area contributed by atoms with E-state index >= 15 is 0 Å². The van der Waals surface area contributed by atoms with E-state index in [1.165, 1.54) is 0 Å². The van der Waals surface area contributed by atoms with Gasteiger partial charge in [-0.2, -0.15) is 0 Å². The molecular weight excluding hydrogens is 226 g/mol. The molecule has 1 aromatic rings. The van der Waals surface area contributed by atoms with Crippen molar-refractivity contribution < 1.29 is 4.79 Å². The third kappa shape index (κ3) is 2.58. The third-order valence-electron chi connectivity index (χ3n) is 3.84. The highest BCUT2D eigenvalue weighted by atomic mass is 16.2. The first-order valence-corrected chi connectivity index (χ1v) is 6.81. The van der Waals surface area contributed by atoms with Crippen LogP contribution in [-0.2, 0) is 18.4 Å². The molecule has 1 amide bonds. The monoisotopic (exact) mass is 249 g/mol. The molecule has 0 saturated carbocycles. The summed E-state index contributed by atoms with van der Waals surface area (Å²) in [5.41, 5.74) is 0.813. The maximum absolute atomic E-state index is 12.4. The molecule has 4 heteroatoms. The number of hydrogen-bond acceptors (Lipinski definition) is 2. The predicted molar refractivity (Wildman–Crippen MR) is 72.1 cm³/mol. The first-order chi connectivity index (χ1) is 8.68. The Morgan fingerprint density at radius 1 is 1.61 bits per heavy atom. The van der Waals surface area contributed by atoms with Crippen LogP contribution < -0.4 is 10.6 Å². The van der Waals surface area contributed by atoms with Crippen LogP contribution in [0.1, 0.15) is 38.3 Å². The van der Waals surface area contributed by atoms with Gasteiger partial charge < -0.3 is 15.2 Å². The fraction of sp³-hybridized carbons (Fsp3) is 0.643. The van der Waals surface area contributed by atoms with Gasteiger partial charge in [0.05, 0.1) is 12.1 Å². The minimum atomic E-state index is -0.320. The van der Waals surface area contributed by atoms with Crippen LogP contribution in [-0.4, -0.2) is 22.6 Å². The molecule has 2 rings (SSSR count). The molecule has 1 aliphatic rings. The van der Waals surface area contributed by atoms with Crippen molar-refractivity contribution in [2.75, 3.05) is 6.54 Å². The second kappa shape index (κ2) is 5.57. The highest BCUT2D eigenvalue weighted by molar-refractivity contribution is 5.86. The van der Waals surface area contributed by atoms with E-state index in [0.717, 1.165) is 37.9 Å². The zero-order valence-corrected chi connectivity index (χ0v) is 11.3. The molecular formula is C14H23N3O. The van der Waals surface area contributed by atoms with Crippen LogP contribution in [0.15, 0.2) is 18.3 Å². The van der Waals surface area contributed by atoms with Gasteiger partial charge in [-0.05, 0) is 37.9 Å². The fourth-order valence-electron chi connectivity index (χ4n) is 2.77. The zero-order chi connectivity index (χ0) is 13.0. The van der Waals surface area contributed by atoms with Gasteiger partial charge in [0.1, 0.15) is 0 Å². The summed E-state index contributed by atoms with van der Waals surface area (Å²) in [5, 5.41) is 6.47. The number of nitrogens with one attached hydrogen (secondary N) is 2. The van der Waals surface area contributed by atoms with E-state index in [4.69, 9.17) is 0 Å². The second-order valence-corrected chi connectivity index (χ2v) is 5.16. The molecule has 1 atom stereocenters. The highest BCUT2D eigenvalue weighted by Gasteiger charge is 2.39. The van der Waals surface area contributed by atoms with Crippen molar-refractivity contribution in [2.24, 2.45) is 7.05 Å². The van der Waals surface area contributed by atoms with Gasteiger partial charge in [-0.25, -0.2) is 0 Å². The largest absolute Gasteiger partial charge is 0.353 e. The lowest BCUT2D eigenvalue weighted by molar-refractivity contribution is -0.127. The van der Waals surface area contributed by atoms with E-state index in [9.17, 15) is 4.79 Å². The number of aryl methyl sites for hydroxylation is 1. The summed E-state index contributed by atoms with van der Waals surface area (Å²) < 4.78 is 2.04. The Morgan fingerprint density at radius 2 is 2.44 bits per heavy atom. The number of hydrogen-bond donors (Lipinski definition) is 2. The molecule has 2 heterocycles. The minimum absolute atomic E-state index is 0.156. The molecule has 0 aromatic carbocycles. The number of aromatic nitrogens is 1. The van der Waals surface area contributed by atoms with Crippen molar-refractivity contribution in [1.29, 1.82) is 0 Å². The Bertz CT molecular complexity index is 405. The lowest BCUT2D eigenvalue weighted by Gasteiger charge is -2.27. The van der Waals surface area contributed by atoms with Gasteiger partial charge in [0.2, 0.25) is 5.91 Å². The van der Waals surface area contributed by atoms with Gasteiger partial charge in [0, 0.05) is 18.9 Å². The van der Waals surface area contributed by atoms with Crippen molar-refractivity contribution in [3.05, 3.63) is 24.0 Å². The van der Waals surface area contributed by atoms with Crippen LogP contribution >= 0.6 is 0 Å². The average molecular weight is 249 g/mol. The van der Waals surface area contributed by atoms with Crippen LogP contribution in [0.5, 0.6) is 0 Å². The molecule has 4 nitrogen and oxygen atoms in total. The molecule has 18 heavy (non-hydrogen) atoms. The molecule has 0 radical (unpaired) electrons. The molecule has 100 valence electrons. The van der Waals surface area contributed by atoms with Crippen LogP contribution in [0, 0.1) is 0 Å². The maximum atomic E-state index is 12.4. The minimum Gasteiger partial charge on any atom is -0.353 e. The first-order valence-electron chi connectivity index (χ1n) is 6.81. The summed E-state index contributed by atoms with van der Waals surface area (Å²) in [6.07, 6.45) is 6.01. The van der Waals surface area contributed by atoms with E-state index in [0.29, 0.717) is 6.54 Å². The lowest BCUT2D eigenvalue weighted by Crippen LogP contribution is -2.53. The average Bonchev–Trinajstić information content (AvgIpc) is 2.97. The highest BCUT2D eigenvalue weighted by Crippen LogP contribution is 2.25. The Morgan fingerprint density at radius 3 is 3.00 bits per heavy atom. The van der Waals surface area contributed by atoms with Gasteiger partial charge in [-0.3, -0.25) is 4.79 Å². The molecule has 1 unspecified atom stereocenters. The maximum Gasteiger partial charge on any atom is 0.240 e. The lowest BCUT2D eigenvalue weighted by atomic mass is 9.91. The van der Waals surface area contributed by atoms with Crippen molar-refractivity contribution in [2.45, 2.75) is 44.7 Å². The topological polar surface area (TPSA) is 46.1 Å². The number of carbonyl (C=O) groups is 1. The predicted octanol–water partition coefficient (Wildman–Crippen LogP) is 1.56. The number of nitrogens with zero attached hydrogens (tertiary/aromatic N) is 1. The van der Waals surface area contributed by atoms with E-state index in [2.05, 4.69) is 17.6 Å². The Labute approximate surface area is 109 Å². The van der Waals surface area contributed by atoms with E-state index in [-0.39, 0.29) is 11.4 Å². The number of amides is 1. The van der Waals surface area contributed by atoms with Crippen molar-refractivity contribution in [3.63, 3.8) is 0 Å². The summed E-state index contributed by atoms with van der Waals surface area (Å²) in [4.78, 5) is 12.4. The van der Waals surface area contributed by atoms with E-state index in [1.807, 2.05) is 29.9 Å². The summed E-state index contributed by atoms with van der Waals surface area (Å²) in [6.45, 7) is 3.69. The fourth-order valence-corrected chi connectivity index (χ4v) is 2.77. The summed E-state index contributed by atoms with van der Waals surface area (Å²) in [5.74, 6) is 0.156. The molecule has 0 aliphatic carbocycles. The molecule has 1 fully saturated rings. The quantitative estimate of drug-likeness (QED) is 0.832. The molecule has 1 saturated heterocycles. The molecule has 1 aliphatic heterocycles. The standard InChI is InChI=1S/C14H23N3O/c1-3-7-14(8-5-9-16-14)13(18)15-11-12-6-4-10-17(12)2/h4,6,10,16H,3,5,7-9,11H2,1-2H3,(H,15,18). The van der Waals surface area contributed by atoms with E-state index < -0.39 is 0 Å². The Hall–Kier alpha value is -1.29. The number of carbonyl (C=O) groups excluding carboxylic acids is 1. The summed E-state index contributed by atoms with van der Waals surface area (Å²) in [7, 11) is 2.00. The Balaban J connectivity index is 1.96. The Kier molecular flexibility index (Phi) is 4.07. The van der Waals surface area contributed by atoms with Gasteiger partial charge >= 0.3 is 0 Å². The van der Waals surface area contributed by atoms with Gasteiger partial charge in [-0.1, -0.05) is 13.3 Å². The van der Waals surface area contributed by atoms with E-state index in [1.54, 1.807) is 0 Å². The van der Waals surface area contributed by atoms with Crippen molar-refractivity contribution in [3.8, 4) is 0 Å². The van der Waals surface area contributed by atoms with Gasteiger partial charge in [0.25, 0.3) is 0 Å².